The van der Waals surface area contributed by atoms with Gasteiger partial charge in [0, 0.05) is 38.1 Å². The van der Waals surface area contributed by atoms with Crippen LogP contribution in [0.25, 0.3) is 0 Å². The van der Waals surface area contributed by atoms with Gasteiger partial charge < -0.3 is 19.8 Å². The summed E-state index contributed by atoms with van der Waals surface area (Å²) in [5.74, 6) is 1.90. The Labute approximate surface area is 158 Å². The fourth-order valence-electron chi connectivity index (χ4n) is 2.63. The minimum absolute atomic E-state index is 0.249. The minimum Gasteiger partial charge on any atom is -0.497 e. The first-order chi connectivity index (χ1) is 12.3. The lowest BCUT2D eigenvalue weighted by Crippen LogP contribution is -2.23. The zero-order valence-electron chi connectivity index (χ0n) is 15.6. The van der Waals surface area contributed by atoms with Crippen molar-refractivity contribution in [1.82, 2.24) is 19.2 Å². The van der Waals surface area contributed by atoms with Gasteiger partial charge in [-0.3, -0.25) is 9.69 Å². The number of aryl methyl sites for hydroxylation is 1. The lowest BCUT2D eigenvalue weighted by molar-refractivity contribution is -0.118. The number of nitrogens with two attached hydrogens (primary N) is 1. The van der Waals surface area contributed by atoms with E-state index in [4.69, 9.17) is 27.4 Å². The minimum atomic E-state index is -0.353. The second kappa shape index (κ2) is 8.81. The third kappa shape index (κ3) is 4.83. The van der Waals surface area contributed by atoms with Gasteiger partial charge in [0.15, 0.2) is 4.77 Å². The molecule has 1 heterocycles. The predicted molar refractivity (Wildman–Crippen MR) is 101 cm³/mol. The highest BCUT2D eigenvalue weighted by molar-refractivity contribution is 7.71. The Hall–Kier alpha value is -2.39. The van der Waals surface area contributed by atoms with Crippen molar-refractivity contribution >= 4 is 18.1 Å². The molecule has 0 aliphatic rings. The summed E-state index contributed by atoms with van der Waals surface area (Å²) in [5, 5.41) is 4.51. The van der Waals surface area contributed by atoms with Crippen LogP contribution in [0.15, 0.2) is 18.2 Å². The van der Waals surface area contributed by atoms with Crippen LogP contribution in [0.4, 0.5) is 0 Å². The van der Waals surface area contributed by atoms with Crippen molar-refractivity contribution in [3.05, 3.63) is 34.4 Å². The van der Waals surface area contributed by atoms with E-state index in [-0.39, 0.29) is 12.3 Å². The van der Waals surface area contributed by atoms with Gasteiger partial charge in [0.05, 0.1) is 20.9 Å². The summed E-state index contributed by atoms with van der Waals surface area (Å²) in [6.07, 6.45) is 0.719. The van der Waals surface area contributed by atoms with E-state index in [2.05, 4.69) is 10.00 Å². The predicted octanol–water partition coefficient (Wildman–Crippen LogP) is 1.48. The Morgan fingerprint density at radius 3 is 2.69 bits per heavy atom. The lowest BCUT2D eigenvalue weighted by atomic mass is 10.2. The summed E-state index contributed by atoms with van der Waals surface area (Å²) < 4.78 is 14.8. The molecule has 0 saturated heterocycles. The smallest absolute Gasteiger partial charge is 0.217 e. The number of nitrogens with zero attached hydrogens (tertiary/aromatic N) is 4. The Bertz CT molecular complexity index is 830. The van der Waals surface area contributed by atoms with E-state index in [9.17, 15) is 4.79 Å². The molecule has 142 valence electrons. The average Bonchev–Trinajstić information content (AvgIpc) is 2.88. The zero-order chi connectivity index (χ0) is 19.3. The van der Waals surface area contributed by atoms with Crippen LogP contribution in [0.1, 0.15) is 17.8 Å². The Morgan fingerprint density at radius 2 is 2.08 bits per heavy atom. The molecule has 26 heavy (non-hydrogen) atoms. The number of rotatable bonds is 9. The normalized spacial score (nSPS) is 11.0. The van der Waals surface area contributed by atoms with Gasteiger partial charge in [-0.2, -0.15) is 5.10 Å². The largest absolute Gasteiger partial charge is 0.497 e. The molecule has 9 heteroatoms. The maximum atomic E-state index is 11.0. The van der Waals surface area contributed by atoms with Gasteiger partial charge in [0.1, 0.15) is 17.3 Å². The van der Waals surface area contributed by atoms with Crippen LogP contribution in [0.3, 0.4) is 0 Å². The molecule has 0 unspecified atom stereocenters. The fourth-order valence-corrected chi connectivity index (χ4v) is 2.83. The van der Waals surface area contributed by atoms with E-state index < -0.39 is 0 Å². The summed E-state index contributed by atoms with van der Waals surface area (Å²) in [7, 11) is 7.08. The summed E-state index contributed by atoms with van der Waals surface area (Å²) in [6, 6.07) is 5.74. The number of hydrogen-bond acceptors (Lipinski definition) is 6. The van der Waals surface area contributed by atoms with Gasteiger partial charge in [-0.25, -0.2) is 4.68 Å². The van der Waals surface area contributed by atoms with Gasteiger partial charge in [-0.15, -0.1) is 0 Å². The third-order valence-corrected chi connectivity index (χ3v) is 4.52. The molecule has 2 rings (SSSR count). The second-order valence-corrected chi connectivity index (χ2v) is 6.42. The van der Waals surface area contributed by atoms with Crippen molar-refractivity contribution in [3.8, 4) is 11.5 Å². The number of carbonyl (C=O) groups excluding carboxylic acids is 1. The maximum absolute atomic E-state index is 11.0. The number of primary amides is 1. The Balaban J connectivity index is 2.10. The van der Waals surface area contributed by atoms with Crippen molar-refractivity contribution in [2.45, 2.75) is 26.1 Å². The van der Waals surface area contributed by atoms with Crippen LogP contribution in [0.5, 0.6) is 11.5 Å². The van der Waals surface area contributed by atoms with Gasteiger partial charge in [-0.05, 0) is 25.3 Å². The summed E-state index contributed by atoms with van der Waals surface area (Å²) in [5.41, 5.74) is 6.25. The molecular weight excluding hydrogens is 354 g/mol. The van der Waals surface area contributed by atoms with E-state index in [1.165, 1.54) is 0 Å². The highest BCUT2D eigenvalue weighted by Gasteiger charge is 2.12. The lowest BCUT2D eigenvalue weighted by Gasteiger charge is -2.18. The van der Waals surface area contributed by atoms with Crippen molar-refractivity contribution < 1.29 is 14.3 Å². The topological polar surface area (TPSA) is 87.5 Å². The standard InChI is InChI=1S/C17H25N5O3S/c1-20(10-12-5-6-13(24-3)9-14(12)25-4)11-22-17(26)21(2)16(19-22)8-7-15(18)23/h5-6,9H,7-8,10-11H2,1-4H3,(H2,18,23). The first kappa shape index (κ1) is 19.9. The van der Waals surface area contributed by atoms with E-state index in [0.29, 0.717) is 24.4 Å². The van der Waals surface area contributed by atoms with E-state index >= 15 is 0 Å². The molecule has 0 aliphatic carbocycles. The SMILES string of the molecule is COc1ccc(CN(C)Cn2nc(CCC(N)=O)n(C)c2=S)c(OC)c1. The second-order valence-electron chi connectivity index (χ2n) is 6.06. The Kier molecular flexibility index (Phi) is 6.76. The van der Waals surface area contributed by atoms with E-state index in [1.807, 2.05) is 32.3 Å². The molecule has 0 saturated carbocycles. The van der Waals surface area contributed by atoms with E-state index in [1.54, 1.807) is 23.5 Å². The fraction of sp³-hybridized carbons (Fsp3) is 0.471. The van der Waals surface area contributed by atoms with Crippen LogP contribution in [0, 0.1) is 4.77 Å². The molecule has 1 aromatic carbocycles. The molecule has 2 aromatic rings. The number of amides is 1. The van der Waals surface area contributed by atoms with Crippen LogP contribution in [-0.4, -0.2) is 46.4 Å². The summed E-state index contributed by atoms with van der Waals surface area (Å²) >= 11 is 5.44. The van der Waals surface area contributed by atoms with Crippen LogP contribution in [-0.2, 0) is 31.5 Å². The molecule has 0 atom stereocenters. The average molecular weight is 379 g/mol. The van der Waals surface area contributed by atoms with Crippen LogP contribution >= 0.6 is 12.2 Å². The highest BCUT2D eigenvalue weighted by Crippen LogP contribution is 2.25. The summed E-state index contributed by atoms with van der Waals surface area (Å²) in [4.78, 5) is 13.1. The van der Waals surface area contributed by atoms with Crippen molar-refractivity contribution in [1.29, 1.82) is 0 Å². The quantitative estimate of drug-likeness (QED) is 0.664. The molecule has 8 nitrogen and oxygen atoms in total. The number of benzene rings is 1. The first-order valence-electron chi connectivity index (χ1n) is 8.16. The van der Waals surface area contributed by atoms with Gasteiger partial charge in [0.25, 0.3) is 0 Å². The number of ether oxygens (including phenoxy) is 2. The molecule has 0 fully saturated rings. The molecule has 0 spiro atoms. The summed E-state index contributed by atoms with van der Waals surface area (Å²) in [6.45, 7) is 1.17. The number of hydrogen-bond donors (Lipinski definition) is 1. The van der Waals surface area contributed by atoms with Crippen molar-refractivity contribution in [2.75, 3.05) is 21.3 Å². The molecular formula is C17H25N5O3S. The molecule has 0 aliphatic heterocycles. The molecule has 0 radical (unpaired) electrons. The highest BCUT2D eigenvalue weighted by atomic mass is 32.1. The zero-order valence-corrected chi connectivity index (χ0v) is 16.4. The van der Waals surface area contributed by atoms with Crippen molar-refractivity contribution in [3.63, 3.8) is 0 Å². The molecule has 1 aromatic heterocycles. The van der Waals surface area contributed by atoms with Gasteiger partial charge in [-0.1, -0.05) is 6.07 Å². The van der Waals surface area contributed by atoms with Gasteiger partial charge >= 0.3 is 0 Å². The first-order valence-corrected chi connectivity index (χ1v) is 8.57. The number of methoxy groups -OCH3 is 2. The molecule has 2 N–H and O–H groups in total. The van der Waals surface area contributed by atoms with Crippen LogP contribution < -0.4 is 15.2 Å². The van der Waals surface area contributed by atoms with Gasteiger partial charge in [0.2, 0.25) is 5.91 Å². The number of aromatic nitrogens is 3. The Morgan fingerprint density at radius 1 is 1.35 bits per heavy atom. The maximum Gasteiger partial charge on any atom is 0.217 e. The van der Waals surface area contributed by atoms with E-state index in [0.717, 1.165) is 22.9 Å². The molecule has 1 amide bonds. The monoisotopic (exact) mass is 379 g/mol. The third-order valence-electron chi connectivity index (χ3n) is 4.04. The van der Waals surface area contributed by atoms with Crippen LogP contribution in [0.2, 0.25) is 0 Å². The van der Waals surface area contributed by atoms with Crippen molar-refractivity contribution in [2.24, 2.45) is 12.8 Å². The number of carbonyl (C=O) groups is 1. The molecule has 0 bridgehead atoms.